The summed E-state index contributed by atoms with van der Waals surface area (Å²) in [6.45, 7) is 6.58. The molecular formula is C72H128O6. The number of carbonyl (C=O) groups is 3. The van der Waals surface area contributed by atoms with Crippen molar-refractivity contribution in [3.63, 3.8) is 0 Å². The van der Waals surface area contributed by atoms with Crippen molar-refractivity contribution in [1.82, 2.24) is 0 Å². The first-order valence-corrected chi connectivity index (χ1v) is 33.9. The van der Waals surface area contributed by atoms with Crippen molar-refractivity contribution in [2.45, 2.75) is 354 Å². The van der Waals surface area contributed by atoms with E-state index in [1.165, 1.54) is 205 Å². The van der Waals surface area contributed by atoms with E-state index in [9.17, 15) is 14.4 Å². The largest absolute Gasteiger partial charge is 0.462 e. The Kier molecular flexibility index (Phi) is 63.7. The van der Waals surface area contributed by atoms with Crippen LogP contribution in [-0.2, 0) is 28.6 Å². The van der Waals surface area contributed by atoms with Gasteiger partial charge in [0.15, 0.2) is 6.10 Å². The van der Waals surface area contributed by atoms with Gasteiger partial charge in [-0.25, -0.2) is 0 Å². The summed E-state index contributed by atoms with van der Waals surface area (Å²) in [5.74, 6) is -0.867. The predicted octanol–water partition coefficient (Wildman–Crippen LogP) is 23.3. The minimum absolute atomic E-state index is 0.0749. The van der Waals surface area contributed by atoms with Crippen LogP contribution in [0, 0.1) is 0 Å². The molecule has 0 spiro atoms. The Balaban J connectivity index is 4.36. The molecule has 1 atom stereocenters. The van der Waals surface area contributed by atoms with Crippen LogP contribution in [0.3, 0.4) is 0 Å². The van der Waals surface area contributed by atoms with E-state index in [1.807, 2.05) is 0 Å². The molecular weight excluding hydrogens is 961 g/mol. The molecule has 78 heavy (non-hydrogen) atoms. The van der Waals surface area contributed by atoms with Gasteiger partial charge >= 0.3 is 17.9 Å². The fourth-order valence-electron chi connectivity index (χ4n) is 9.92. The molecule has 0 aromatic heterocycles. The number of hydrogen-bond acceptors (Lipinski definition) is 6. The van der Waals surface area contributed by atoms with Crippen molar-refractivity contribution in [2.75, 3.05) is 13.2 Å². The van der Waals surface area contributed by atoms with Crippen molar-refractivity contribution in [3.8, 4) is 0 Å². The van der Waals surface area contributed by atoms with Crippen molar-refractivity contribution in [2.24, 2.45) is 0 Å². The van der Waals surface area contributed by atoms with E-state index in [0.717, 1.165) is 103 Å². The molecule has 6 heteroatoms. The van der Waals surface area contributed by atoms with Crippen molar-refractivity contribution in [3.05, 3.63) is 72.9 Å². The lowest BCUT2D eigenvalue weighted by molar-refractivity contribution is -0.167. The number of hydrogen-bond donors (Lipinski definition) is 0. The molecule has 6 nitrogen and oxygen atoms in total. The van der Waals surface area contributed by atoms with Gasteiger partial charge in [-0.05, 0) is 70.6 Å². The van der Waals surface area contributed by atoms with Gasteiger partial charge in [-0.15, -0.1) is 0 Å². The number of rotatable bonds is 62. The molecule has 0 aliphatic rings. The molecule has 1 unspecified atom stereocenters. The van der Waals surface area contributed by atoms with E-state index in [2.05, 4.69) is 93.7 Å². The third-order valence-corrected chi connectivity index (χ3v) is 15.0. The van der Waals surface area contributed by atoms with Gasteiger partial charge in [-0.2, -0.15) is 0 Å². The molecule has 0 heterocycles. The normalized spacial score (nSPS) is 12.5. The van der Waals surface area contributed by atoms with Crippen LogP contribution in [0.25, 0.3) is 0 Å². The van der Waals surface area contributed by atoms with E-state index in [0.29, 0.717) is 19.3 Å². The topological polar surface area (TPSA) is 78.9 Å². The SMILES string of the molecule is CC/C=C\C/C=C\C/C=C\C/C=C\C/C=C\C/C=C\CCCCCCCCC(=O)OCC(COC(=O)CCCCCCCCCCCCCCCCCC)OC(=O)CCCCCCCCCCCCCCCCCCCCC. The second kappa shape index (κ2) is 66.4. The summed E-state index contributed by atoms with van der Waals surface area (Å²) in [5, 5.41) is 0. The molecule has 0 saturated heterocycles. The molecule has 452 valence electrons. The van der Waals surface area contributed by atoms with Crippen LogP contribution in [-0.4, -0.2) is 37.2 Å². The minimum atomic E-state index is -0.780. The average Bonchev–Trinajstić information content (AvgIpc) is 3.44. The fraction of sp³-hybridized carbons (Fsp3) is 0.792. The highest BCUT2D eigenvalue weighted by Gasteiger charge is 2.19. The molecule has 0 radical (unpaired) electrons. The summed E-state index contributed by atoms with van der Waals surface area (Å²) in [6.07, 6.45) is 86.2. The van der Waals surface area contributed by atoms with Crippen molar-refractivity contribution in [1.29, 1.82) is 0 Å². The maximum atomic E-state index is 12.9. The third-order valence-electron chi connectivity index (χ3n) is 15.0. The first-order chi connectivity index (χ1) is 38.5. The smallest absolute Gasteiger partial charge is 0.306 e. The highest BCUT2D eigenvalue weighted by atomic mass is 16.6. The van der Waals surface area contributed by atoms with Crippen molar-refractivity contribution < 1.29 is 28.6 Å². The zero-order valence-corrected chi connectivity index (χ0v) is 51.9. The Morgan fingerprint density at radius 3 is 0.782 bits per heavy atom. The van der Waals surface area contributed by atoms with Crippen LogP contribution < -0.4 is 0 Å². The van der Waals surface area contributed by atoms with Gasteiger partial charge in [-0.1, -0.05) is 331 Å². The van der Waals surface area contributed by atoms with E-state index in [1.54, 1.807) is 0 Å². The molecule has 0 bridgehead atoms. The number of carbonyl (C=O) groups excluding carboxylic acids is 3. The summed E-state index contributed by atoms with van der Waals surface area (Å²) < 4.78 is 17.0. The molecule has 0 amide bonds. The molecule has 0 fully saturated rings. The molecule has 0 aliphatic carbocycles. The number of ether oxygens (including phenoxy) is 3. The second-order valence-electron chi connectivity index (χ2n) is 22.7. The van der Waals surface area contributed by atoms with Gasteiger partial charge in [0, 0.05) is 19.3 Å². The maximum absolute atomic E-state index is 12.9. The standard InChI is InChI=1S/C72H128O6/c1-4-7-10-13-16-19-22-25-28-31-33-34-35-36-37-38-40-41-44-47-50-53-56-59-62-65-71(74)77-68-69(67-76-70(73)64-61-58-55-52-49-46-43-30-27-24-21-18-15-12-9-6-3)78-72(75)66-63-60-57-54-51-48-45-42-39-32-29-26-23-20-17-14-11-8-5-2/h7,10,16,19,25,28,33-34,36-37,40-41,69H,4-6,8-9,11-15,17-18,20-24,26-27,29-32,35,38-39,42-68H2,1-3H3/b10-7-,19-16-,28-25-,34-33-,37-36-,41-40-. The quantitative estimate of drug-likeness (QED) is 0.0261. The predicted molar refractivity (Wildman–Crippen MR) is 339 cm³/mol. The van der Waals surface area contributed by atoms with Gasteiger partial charge in [0.05, 0.1) is 0 Å². The maximum Gasteiger partial charge on any atom is 0.306 e. The highest BCUT2D eigenvalue weighted by Crippen LogP contribution is 2.18. The van der Waals surface area contributed by atoms with Gasteiger partial charge in [-0.3, -0.25) is 14.4 Å². The van der Waals surface area contributed by atoms with Crippen LogP contribution in [0.2, 0.25) is 0 Å². The lowest BCUT2D eigenvalue weighted by atomic mass is 10.0. The van der Waals surface area contributed by atoms with E-state index in [-0.39, 0.29) is 31.1 Å². The Morgan fingerprint density at radius 1 is 0.269 bits per heavy atom. The van der Waals surface area contributed by atoms with E-state index < -0.39 is 6.10 Å². The van der Waals surface area contributed by atoms with Crippen LogP contribution >= 0.6 is 0 Å². The Morgan fingerprint density at radius 2 is 0.500 bits per heavy atom. The Hall–Kier alpha value is -3.15. The second-order valence-corrected chi connectivity index (χ2v) is 22.7. The molecule has 0 rings (SSSR count). The van der Waals surface area contributed by atoms with Crippen molar-refractivity contribution >= 4 is 17.9 Å². The number of esters is 3. The lowest BCUT2D eigenvalue weighted by Gasteiger charge is -2.18. The van der Waals surface area contributed by atoms with Gasteiger partial charge in [0.25, 0.3) is 0 Å². The van der Waals surface area contributed by atoms with E-state index >= 15 is 0 Å². The van der Waals surface area contributed by atoms with Crippen LogP contribution in [0.4, 0.5) is 0 Å². The molecule has 0 saturated carbocycles. The first kappa shape index (κ1) is 74.8. The van der Waals surface area contributed by atoms with Gasteiger partial charge in [0.1, 0.15) is 13.2 Å². The summed E-state index contributed by atoms with van der Waals surface area (Å²) in [6, 6.07) is 0. The van der Waals surface area contributed by atoms with Gasteiger partial charge in [0.2, 0.25) is 0 Å². The monoisotopic (exact) mass is 1090 g/mol. The first-order valence-electron chi connectivity index (χ1n) is 33.9. The molecule has 0 aromatic rings. The highest BCUT2D eigenvalue weighted by molar-refractivity contribution is 5.71. The summed E-state index contributed by atoms with van der Waals surface area (Å²) >= 11 is 0. The zero-order valence-electron chi connectivity index (χ0n) is 51.9. The van der Waals surface area contributed by atoms with Crippen LogP contribution in [0.5, 0.6) is 0 Å². The minimum Gasteiger partial charge on any atom is -0.462 e. The number of allylic oxidation sites excluding steroid dienone is 12. The van der Waals surface area contributed by atoms with Gasteiger partial charge < -0.3 is 14.2 Å². The van der Waals surface area contributed by atoms with E-state index in [4.69, 9.17) is 14.2 Å². The average molecular weight is 1090 g/mol. The summed E-state index contributed by atoms with van der Waals surface area (Å²) in [5.41, 5.74) is 0. The number of unbranched alkanes of at least 4 members (excludes halogenated alkanes) is 39. The Labute approximate surface area is 484 Å². The fourth-order valence-corrected chi connectivity index (χ4v) is 9.92. The summed E-state index contributed by atoms with van der Waals surface area (Å²) in [4.78, 5) is 38.4. The zero-order chi connectivity index (χ0) is 56.4. The lowest BCUT2D eigenvalue weighted by Crippen LogP contribution is -2.30. The van der Waals surface area contributed by atoms with Crippen LogP contribution in [0.15, 0.2) is 72.9 Å². The van der Waals surface area contributed by atoms with Crippen LogP contribution in [0.1, 0.15) is 348 Å². The third kappa shape index (κ3) is 63.7. The Bertz CT molecular complexity index is 1440. The molecule has 0 aliphatic heterocycles. The summed E-state index contributed by atoms with van der Waals surface area (Å²) in [7, 11) is 0. The molecule has 0 aromatic carbocycles. The molecule has 0 N–H and O–H groups in total.